The lowest BCUT2D eigenvalue weighted by atomic mass is 10.1. The second-order valence-corrected chi connectivity index (χ2v) is 5.01. The molecule has 2 N–H and O–H groups in total. The Bertz CT molecular complexity index is 528. The Labute approximate surface area is 119 Å². The lowest BCUT2D eigenvalue weighted by Gasteiger charge is -2.08. The summed E-state index contributed by atoms with van der Waals surface area (Å²) in [6.45, 7) is 0.633. The molecule has 0 aliphatic carbocycles. The fourth-order valence-corrected chi connectivity index (χ4v) is 2.34. The quantitative estimate of drug-likeness (QED) is 0.847. The molecule has 0 aliphatic heterocycles. The maximum atomic E-state index is 12.8. The molecule has 2 aromatic carbocycles. The van der Waals surface area contributed by atoms with Crippen molar-refractivity contribution < 1.29 is 9.13 Å². The van der Waals surface area contributed by atoms with Crippen LogP contribution < -0.4 is 10.5 Å². The van der Waals surface area contributed by atoms with Gasteiger partial charge in [-0.05, 0) is 77.5 Å². The highest BCUT2D eigenvalue weighted by atomic mass is 127. The Balaban J connectivity index is 2.14. The number of benzene rings is 2. The summed E-state index contributed by atoms with van der Waals surface area (Å²) in [4.78, 5) is 0. The third-order valence-corrected chi connectivity index (χ3v) is 3.49. The molecular formula is C14H13FINO. The Morgan fingerprint density at radius 1 is 1.06 bits per heavy atom. The predicted molar refractivity (Wildman–Crippen MR) is 78.4 cm³/mol. The van der Waals surface area contributed by atoms with Crippen LogP contribution in [-0.2, 0) is 6.42 Å². The standard InChI is InChI=1S/C14H13FINO/c15-11-2-5-12(6-3-11)18-13-4-1-10(7-8-17)14(16)9-13/h1-6,9H,7-8,17H2. The van der Waals surface area contributed by atoms with E-state index >= 15 is 0 Å². The first-order valence-corrected chi connectivity index (χ1v) is 6.69. The van der Waals surface area contributed by atoms with Crippen molar-refractivity contribution in [3.05, 3.63) is 57.4 Å². The van der Waals surface area contributed by atoms with Crippen molar-refractivity contribution in [1.29, 1.82) is 0 Å². The molecule has 0 aliphatic rings. The van der Waals surface area contributed by atoms with Crippen LogP contribution in [0.25, 0.3) is 0 Å². The SMILES string of the molecule is NCCc1ccc(Oc2ccc(F)cc2)cc1I. The summed E-state index contributed by atoms with van der Waals surface area (Å²) in [7, 11) is 0. The van der Waals surface area contributed by atoms with Crippen LogP contribution in [0.5, 0.6) is 11.5 Å². The zero-order valence-electron chi connectivity index (χ0n) is 9.70. The summed E-state index contributed by atoms with van der Waals surface area (Å²) in [5.74, 6) is 1.10. The van der Waals surface area contributed by atoms with Crippen molar-refractivity contribution in [2.24, 2.45) is 5.73 Å². The van der Waals surface area contributed by atoms with Gasteiger partial charge in [0, 0.05) is 3.57 Å². The van der Waals surface area contributed by atoms with Gasteiger partial charge in [0.15, 0.2) is 0 Å². The summed E-state index contributed by atoms with van der Waals surface area (Å²) in [6, 6.07) is 11.8. The van der Waals surface area contributed by atoms with Crippen LogP contribution in [0, 0.1) is 9.39 Å². The van der Waals surface area contributed by atoms with Gasteiger partial charge in [-0.25, -0.2) is 4.39 Å². The minimum absolute atomic E-state index is 0.268. The van der Waals surface area contributed by atoms with E-state index in [0.717, 1.165) is 15.7 Å². The maximum Gasteiger partial charge on any atom is 0.128 e. The van der Waals surface area contributed by atoms with Crippen LogP contribution in [0.1, 0.15) is 5.56 Å². The molecule has 0 saturated heterocycles. The Kier molecular flexibility index (Phi) is 4.54. The number of rotatable bonds is 4. The third kappa shape index (κ3) is 3.43. The Morgan fingerprint density at radius 3 is 2.33 bits per heavy atom. The van der Waals surface area contributed by atoms with E-state index in [2.05, 4.69) is 22.6 Å². The molecule has 2 aromatic rings. The topological polar surface area (TPSA) is 35.2 Å². The molecule has 0 aromatic heterocycles. The van der Waals surface area contributed by atoms with E-state index in [1.54, 1.807) is 12.1 Å². The van der Waals surface area contributed by atoms with Crippen LogP contribution in [-0.4, -0.2) is 6.54 Å². The van der Waals surface area contributed by atoms with E-state index in [0.29, 0.717) is 12.3 Å². The van der Waals surface area contributed by atoms with Gasteiger partial charge >= 0.3 is 0 Å². The van der Waals surface area contributed by atoms with Crippen LogP contribution >= 0.6 is 22.6 Å². The van der Waals surface area contributed by atoms with Gasteiger partial charge in [-0.15, -0.1) is 0 Å². The van der Waals surface area contributed by atoms with Gasteiger partial charge in [-0.2, -0.15) is 0 Å². The number of halogens is 2. The molecule has 0 unspecified atom stereocenters. The van der Waals surface area contributed by atoms with Gasteiger partial charge < -0.3 is 10.5 Å². The monoisotopic (exact) mass is 357 g/mol. The second kappa shape index (κ2) is 6.15. The van der Waals surface area contributed by atoms with Gasteiger partial charge in [-0.1, -0.05) is 6.07 Å². The van der Waals surface area contributed by atoms with Crippen LogP contribution in [0.15, 0.2) is 42.5 Å². The minimum Gasteiger partial charge on any atom is -0.457 e. The number of hydrogen-bond acceptors (Lipinski definition) is 2. The number of nitrogens with two attached hydrogens (primary N) is 1. The van der Waals surface area contributed by atoms with Crippen molar-refractivity contribution in [3.63, 3.8) is 0 Å². The van der Waals surface area contributed by atoms with Gasteiger partial charge in [0.1, 0.15) is 17.3 Å². The average Bonchev–Trinajstić information content (AvgIpc) is 2.36. The molecule has 4 heteroatoms. The van der Waals surface area contributed by atoms with Gasteiger partial charge in [0.2, 0.25) is 0 Å². The molecule has 0 radical (unpaired) electrons. The molecule has 0 spiro atoms. The fraction of sp³-hybridized carbons (Fsp3) is 0.143. The van der Waals surface area contributed by atoms with Gasteiger partial charge in [0.05, 0.1) is 0 Å². The van der Waals surface area contributed by atoms with E-state index in [1.165, 1.54) is 17.7 Å². The highest BCUT2D eigenvalue weighted by molar-refractivity contribution is 14.1. The van der Waals surface area contributed by atoms with Crippen molar-refractivity contribution in [3.8, 4) is 11.5 Å². The average molecular weight is 357 g/mol. The normalized spacial score (nSPS) is 10.4. The Hall–Kier alpha value is -1.14. The smallest absolute Gasteiger partial charge is 0.128 e. The largest absolute Gasteiger partial charge is 0.457 e. The molecule has 0 bridgehead atoms. The van der Waals surface area contributed by atoms with E-state index < -0.39 is 0 Å². The highest BCUT2D eigenvalue weighted by Gasteiger charge is 2.03. The van der Waals surface area contributed by atoms with Crippen LogP contribution in [0.3, 0.4) is 0 Å². The molecule has 0 amide bonds. The van der Waals surface area contributed by atoms with E-state index in [-0.39, 0.29) is 5.82 Å². The highest BCUT2D eigenvalue weighted by Crippen LogP contribution is 2.25. The van der Waals surface area contributed by atoms with Crippen molar-refractivity contribution >= 4 is 22.6 Å². The van der Waals surface area contributed by atoms with Crippen LogP contribution in [0.4, 0.5) is 4.39 Å². The molecule has 2 rings (SSSR count). The first kappa shape index (κ1) is 13.3. The number of hydrogen-bond donors (Lipinski definition) is 1. The van der Waals surface area contributed by atoms with Crippen molar-refractivity contribution in [1.82, 2.24) is 0 Å². The lowest BCUT2D eigenvalue weighted by molar-refractivity contribution is 0.480. The van der Waals surface area contributed by atoms with E-state index in [4.69, 9.17) is 10.5 Å². The predicted octanol–water partition coefficient (Wildman–Crippen LogP) is 3.72. The van der Waals surface area contributed by atoms with E-state index in [9.17, 15) is 4.39 Å². The summed E-state index contributed by atoms with van der Waals surface area (Å²) in [5, 5.41) is 0. The molecule has 18 heavy (non-hydrogen) atoms. The molecular weight excluding hydrogens is 344 g/mol. The molecule has 94 valence electrons. The maximum absolute atomic E-state index is 12.8. The lowest BCUT2D eigenvalue weighted by Crippen LogP contribution is -2.04. The molecule has 2 nitrogen and oxygen atoms in total. The summed E-state index contributed by atoms with van der Waals surface area (Å²) in [5.41, 5.74) is 6.75. The van der Waals surface area contributed by atoms with Gasteiger partial charge in [-0.3, -0.25) is 0 Å². The van der Waals surface area contributed by atoms with Crippen molar-refractivity contribution in [2.45, 2.75) is 6.42 Å². The summed E-state index contributed by atoms with van der Waals surface area (Å²) >= 11 is 2.26. The first-order valence-electron chi connectivity index (χ1n) is 5.61. The molecule has 0 heterocycles. The Morgan fingerprint density at radius 2 is 1.72 bits per heavy atom. The van der Waals surface area contributed by atoms with Crippen LogP contribution in [0.2, 0.25) is 0 Å². The van der Waals surface area contributed by atoms with E-state index in [1.807, 2.05) is 18.2 Å². The van der Waals surface area contributed by atoms with Crippen molar-refractivity contribution in [2.75, 3.05) is 6.54 Å². The molecule has 0 atom stereocenters. The zero-order valence-corrected chi connectivity index (χ0v) is 11.9. The molecule has 0 saturated carbocycles. The fourth-order valence-electron chi connectivity index (χ4n) is 1.59. The number of ether oxygens (including phenoxy) is 1. The third-order valence-electron chi connectivity index (χ3n) is 2.49. The molecule has 0 fully saturated rings. The summed E-state index contributed by atoms with van der Waals surface area (Å²) < 4.78 is 19.5. The van der Waals surface area contributed by atoms with Gasteiger partial charge in [0.25, 0.3) is 0 Å². The summed E-state index contributed by atoms with van der Waals surface area (Å²) in [6.07, 6.45) is 0.856. The first-order chi connectivity index (χ1) is 8.69. The second-order valence-electron chi connectivity index (χ2n) is 3.85. The minimum atomic E-state index is -0.268. The zero-order chi connectivity index (χ0) is 13.0.